The third-order valence-corrected chi connectivity index (χ3v) is 5.49. The lowest BCUT2D eigenvalue weighted by Crippen LogP contribution is -2.35. The Hall–Kier alpha value is -2.08. The number of hydrogen-bond donors (Lipinski definition) is 0. The molecule has 0 spiro atoms. The molecule has 0 aliphatic heterocycles. The second-order valence-electron chi connectivity index (χ2n) is 7.18. The predicted octanol–water partition coefficient (Wildman–Crippen LogP) is 5.97. The molecule has 2 aromatic rings. The number of hydrogen-bond acceptors (Lipinski definition) is 0. The normalized spacial score (nSPS) is 29.9. The van der Waals surface area contributed by atoms with E-state index in [2.05, 4.69) is 86.7 Å². The van der Waals surface area contributed by atoms with E-state index in [0.29, 0.717) is 0 Å². The molecule has 0 heterocycles. The Kier molecular flexibility index (Phi) is 2.91. The van der Waals surface area contributed by atoms with Gasteiger partial charge in [-0.25, -0.2) is 0 Å². The third-order valence-electron chi connectivity index (χ3n) is 5.49. The number of allylic oxidation sites excluding steroid dienone is 4. The SMILES string of the molecule is CC12C=C(c3ccccc3)C(C)(C=C1c1ccccc1)CC2. The zero-order valence-corrected chi connectivity index (χ0v) is 13.3. The van der Waals surface area contributed by atoms with Crippen LogP contribution in [0, 0.1) is 10.8 Å². The summed E-state index contributed by atoms with van der Waals surface area (Å²) < 4.78 is 0. The van der Waals surface area contributed by atoms with Crippen LogP contribution in [0.2, 0.25) is 0 Å². The Morgan fingerprint density at radius 1 is 0.591 bits per heavy atom. The van der Waals surface area contributed by atoms with E-state index in [0.717, 1.165) is 0 Å². The van der Waals surface area contributed by atoms with Crippen molar-refractivity contribution in [2.45, 2.75) is 26.7 Å². The molecule has 0 aromatic heterocycles. The number of fused-ring (bicyclic) bond motifs is 1. The van der Waals surface area contributed by atoms with Gasteiger partial charge in [0.25, 0.3) is 0 Å². The van der Waals surface area contributed by atoms with Crippen LogP contribution in [-0.2, 0) is 0 Å². The summed E-state index contributed by atoms with van der Waals surface area (Å²) in [6, 6.07) is 21.8. The highest BCUT2D eigenvalue weighted by atomic mass is 14.5. The fourth-order valence-corrected chi connectivity index (χ4v) is 4.12. The lowest BCUT2D eigenvalue weighted by molar-refractivity contribution is 0.350. The van der Waals surface area contributed by atoms with E-state index in [1.807, 2.05) is 0 Å². The van der Waals surface area contributed by atoms with Gasteiger partial charge in [-0.3, -0.25) is 0 Å². The largest absolute Gasteiger partial charge is 0.0695 e. The summed E-state index contributed by atoms with van der Waals surface area (Å²) >= 11 is 0. The zero-order valence-electron chi connectivity index (χ0n) is 13.3. The molecular formula is C22H22. The molecule has 5 rings (SSSR count). The zero-order chi connectivity index (χ0) is 15.2. The minimum atomic E-state index is 0.157. The highest BCUT2D eigenvalue weighted by Crippen LogP contribution is 2.59. The fraction of sp³-hybridized carbons (Fsp3) is 0.273. The first-order valence-electron chi connectivity index (χ1n) is 8.18. The molecule has 0 radical (unpaired) electrons. The number of benzene rings is 2. The summed E-state index contributed by atoms with van der Waals surface area (Å²) in [4.78, 5) is 0. The van der Waals surface area contributed by atoms with Gasteiger partial charge >= 0.3 is 0 Å². The van der Waals surface area contributed by atoms with Crippen molar-refractivity contribution in [2.24, 2.45) is 10.8 Å². The molecule has 0 heteroatoms. The van der Waals surface area contributed by atoms with Gasteiger partial charge in [0.1, 0.15) is 0 Å². The molecule has 2 unspecified atom stereocenters. The second-order valence-corrected chi connectivity index (χ2v) is 7.18. The first kappa shape index (κ1) is 13.6. The average molecular weight is 286 g/mol. The van der Waals surface area contributed by atoms with Crippen molar-refractivity contribution in [3.8, 4) is 0 Å². The van der Waals surface area contributed by atoms with Gasteiger partial charge in [-0.1, -0.05) is 86.7 Å². The van der Waals surface area contributed by atoms with Crippen LogP contribution in [-0.4, -0.2) is 0 Å². The standard InChI is InChI=1S/C22H22/c1-21-13-14-22(2,16-19(21)17-9-5-3-6-10-17)20(15-21)18-11-7-4-8-12-18/h3-12,15-16H,13-14H2,1-2H3. The second kappa shape index (κ2) is 4.71. The van der Waals surface area contributed by atoms with Crippen molar-refractivity contribution in [3.63, 3.8) is 0 Å². The lowest BCUT2D eigenvalue weighted by atomic mass is 9.55. The molecule has 0 N–H and O–H groups in total. The Labute approximate surface area is 133 Å². The van der Waals surface area contributed by atoms with Crippen LogP contribution in [0.3, 0.4) is 0 Å². The summed E-state index contributed by atoms with van der Waals surface area (Å²) in [5.41, 5.74) is 6.07. The Bertz CT molecular complexity index is 684. The van der Waals surface area contributed by atoms with Crippen LogP contribution < -0.4 is 0 Å². The smallest absolute Gasteiger partial charge is 0.0113 e. The van der Waals surface area contributed by atoms with Crippen LogP contribution in [0.1, 0.15) is 37.8 Å². The molecule has 110 valence electrons. The topological polar surface area (TPSA) is 0 Å². The Balaban J connectivity index is 1.85. The van der Waals surface area contributed by atoms with Crippen LogP contribution >= 0.6 is 0 Å². The van der Waals surface area contributed by atoms with E-state index in [4.69, 9.17) is 0 Å². The van der Waals surface area contributed by atoms with E-state index < -0.39 is 0 Å². The molecule has 0 amide bonds. The maximum absolute atomic E-state index is 2.54. The van der Waals surface area contributed by atoms with Crippen LogP contribution in [0.15, 0.2) is 72.8 Å². The molecule has 0 saturated heterocycles. The first-order chi connectivity index (χ1) is 10.6. The summed E-state index contributed by atoms with van der Waals surface area (Å²) in [6.45, 7) is 4.79. The van der Waals surface area contributed by atoms with Crippen LogP contribution in [0.4, 0.5) is 0 Å². The van der Waals surface area contributed by atoms with E-state index in [1.165, 1.54) is 35.1 Å². The van der Waals surface area contributed by atoms with Crippen molar-refractivity contribution in [1.29, 1.82) is 0 Å². The Morgan fingerprint density at radius 3 is 1.32 bits per heavy atom. The van der Waals surface area contributed by atoms with Crippen molar-refractivity contribution in [2.75, 3.05) is 0 Å². The van der Waals surface area contributed by atoms with Gasteiger partial charge < -0.3 is 0 Å². The summed E-state index contributed by atoms with van der Waals surface area (Å²) in [5, 5.41) is 0. The first-order valence-corrected chi connectivity index (χ1v) is 8.18. The highest BCUT2D eigenvalue weighted by molar-refractivity contribution is 5.86. The average Bonchev–Trinajstić information content (AvgIpc) is 2.57. The number of rotatable bonds is 2. The van der Waals surface area contributed by atoms with Gasteiger partial charge in [0, 0.05) is 10.8 Å². The molecule has 0 nitrogen and oxygen atoms in total. The molecule has 3 aliphatic rings. The van der Waals surface area contributed by atoms with Gasteiger partial charge in [0.15, 0.2) is 0 Å². The van der Waals surface area contributed by atoms with Crippen LogP contribution in [0.25, 0.3) is 11.1 Å². The summed E-state index contributed by atoms with van der Waals surface area (Å²) in [7, 11) is 0. The van der Waals surface area contributed by atoms with Crippen molar-refractivity contribution >= 4 is 11.1 Å². The quantitative estimate of drug-likeness (QED) is 0.637. The van der Waals surface area contributed by atoms with E-state index in [9.17, 15) is 0 Å². The molecule has 0 fully saturated rings. The molecule has 3 aliphatic carbocycles. The summed E-state index contributed by atoms with van der Waals surface area (Å²) in [5.74, 6) is 0. The molecule has 2 aromatic carbocycles. The minimum absolute atomic E-state index is 0.157. The van der Waals surface area contributed by atoms with E-state index in [1.54, 1.807) is 0 Å². The fourth-order valence-electron chi connectivity index (χ4n) is 4.12. The van der Waals surface area contributed by atoms with Gasteiger partial charge in [0.2, 0.25) is 0 Å². The van der Waals surface area contributed by atoms with Gasteiger partial charge in [-0.15, -0.1) is 0 Å². The summed E-state index contributed by atoms with van der Waals surface area (Å²) in [6.07, 6.45) is 7.55. The molecule has 2 bridgehead atoms. The highest BCUT2D eigenvalue weighted by Gasteiger charge is 2.45. The van der Waals surface area contributed by atoms with Crippen molar-refractivity contribution in [3.05, 3.63) is 83.9 Å². The van der Waals surface area contributed by atoms with E-state index >= 15 is 0 Å². The Morgan fingerprint density at radius 2 is 0.955 bits per heavy atom. The minimum Gasteiger partial charge on any atom is -0.0695 e. The molecular weight excluding hydrogens is 264 g/mol. The van der Waals surface area contributed by atoms with Gasteiger partial charge in [-0.2, -0.15) is 0 Å². The van der Waals surface area contributed by atoms with E-state index in [-0.39, 0.29) is 10.8 Å². The van der Waals surface area contributed by atoms with Crippen molar-refractivity contribution in [1.82, 2.24) is 0 Å². The maximum atomic E-state index is 2.54. The molecule has 2 atom stereocenters. The van der Waals surface area contributed by atoms with Crippen molar-refractivity contribution < 1.29 is 0 Å². The maximum Gasteiger partial charge on any atom is 0.0113 e. The third kappa shape index (κ3) is 1.98. The predicted molar refractivity (Wildman–Crippen MR) is 94.3 cm³/mol. The van der Waals surface area contributed by atoms with Gasteiger partial charge in [0.05, 0.1) is 0 Å². The monoisotopic (exact) mass is 286 g/mol. The molecule has 22 heavy (non-hydrogen) atoms. The van der Waals surface area contributed by atoms with Gasteiger partial charge in [-0.05, 0) is 35.1 Å². The van der Waals surface area contributed by atoms with Crippen LogP contribution in [0.5, 0.6) is 0 Å². The molecule has 0 saturated carbocycles. The lowest BCUT2D eigenvalue weighted by Gasteiger charge is -2.49.